The van der Waals surface area contributed by atoms with Crippen LogP contribution in [0.5, 0.6) is 5.75 Å². The van der Waals surface area contributed by atoms with E-state index in [1.165, 1.54) is 0 Å². The van der Waals surface area contributed by atoms with E-state index in [2.05, 4.69) is 0 Å². The Balaban J connectivity index is 3.27. The first-order valence-electron chi connectivity index (χ1n) is 5.02. The number of carboxylic acid groups (broad SMARTS) is 1. The van der Waals surface area contributed by atoms with Gasteiger partial charge in [-0.15, -0.1) is 0 Å². The molecule has 2 atom stereocenters. The standard InChI is InChI=1S/C11H11F3O5/c1-19-7-3-2-5(11(12,13)14)4-6(7)8(15)9(16)10(17)18/h2-4,8-9,15-16H,1H3,(H,17,18). The number of carboxylic acids is 1. The lowest BCUT2D eigenvalue weighted by Crippen LogP contribution is -2.28. The fourth-order valence-corrected chi connectivity index (χ4v) is 1.45. The average molecular weight is 280 g/mol. The topological polar surface area (TPSA) is 87.0 Å². The smallest absolute Gasteiger partial charge is 0.416 e. The largest absolute Gasteiger partial charge is 0.496 e. The van der Waals surface area contributed by atoms with E-state index in [1.54, 1.807) is 0 Å². The molecule has 0 amide bonds. The van der Waals surface area contributed by atoms with Gasteiger partial charge in [-0.05, 0) is 18.2 Å². The van der Waals surface area contributed by atoms with Crippen molar-refractivity contribution in [3.05, 3.63) is 29.3 Å². The molecule has 1 aromatic carbocycles. The number of alkyl halides is 3. The second-order valence-electron chi connectivity index (χ2n) is 3.68. The highest BCUT2D eigenvalue weighted by atomic mass is 19.4. The van der Waals surface area contributed by atoms with E-state index in [1.807, 2.05) is 0 Å². The van der Waals surface area contributed by atoms with E-state index >= 15 is 0 Å². The summed E-state index contributed by atoms with van der Waals surface area (Å²) in [5, 5.41) is 27.3. The van der Waals surface area contributed by atoms with Crippen molar-refractivity contribution in [1.82, 2.24) is 0 Å². The van der Waals surface area contributed by atoms with Gasteiger partial charge in [-0.25, -0.2) is 4.79 Å². The molecular formula is C11H11F3O5. The van der Waals surface area contributed by atoms with Gasteiger partial charge in [-0.3, -0.25) is 0 Å². The molecule has 1 aromatic rings. The number of methoxy groups -OCH3 is 1. The van der Waals surface area contributed by atoms with E-state index in [0.717, 1.165) is 19.2 Å². The number of aliphatic hydroxyl groups excluding tert-OH is 2. The van der Waals surface area contributed by atoms with Crippen LogP contribution in [-0.2, 0) is 11.0 Å². The summed E-state index contributed by atoms with van der Waals surface area (Å²) in [4.78, 5) is 10.5. The van der Waals surface area contributed by atoms with E-state index < -0.39 is 35.5 Å². The molecule has 0 heterocycles. The van der Waals surface area contributed by atoms with Crippen LogP contribution in [0.25, 0.3) is 0 Å². The Bertz CT molecular complexity index is 472. The molecule has 8 heteroatoms. The molecule has 106 valence electrons. The van der Waals surface area contributed by atoms with Crippen molar-refractivity contribution in [2.75, 3.05) is 7.11 Å². The third-order valence-corrected chi connectivity index (χ3v) is 2.43. The number of aliphatic carboxylic acids is 1. The minimum absolute atomic E-state index is 0.152. The molecule has 0 saturated heterocycles. The van der Waals surface area contributed by atoms with Gasteiger partial charge in [0.2, 0.25) is 0 Å². The first-order valence-corrected chi connectivity index (χ1v) is 5.02. The summed E-state index contributed by atoms with van der Waals surface area (Å²) in [6.45, 7) is 0. The number of halogens is 3. The first-order chi connectivity index (χ1) is 8.68. The highest BCUT2D eigenvalue weighted by Crippen LogP contribution is 2.35. The average Bonchev–Trinajstić information content (AvgIpc) is 2.34. The fourth-order valence-electron chi connectivity index (χ4n) is 1.45. The predicted octanol–water partition coefficient (Wildman–Crippen LogP) is 1.19. The highest BCUT2D eigenvalue weighted by molar-refractivity contribution is 5.73. The summed E-state index contributed by atoms with van der Waals surface area (Å²) in [6, 6.07) is 2.20. The molecule has 0 aliphatic heterocycles. The SMILES string of the molecule is COc1ccc(C(F)(F)F)cc1C(O)C(O)C(=O)O. The Hall–Kier alpha value is -1.80. The summed E-state index contributed by atoms with van der Waals surface area (Å²) in [5.74, 6) is -1.91. The van der Waals surface area contributed by atoms with E-state index in [4.69, 9.17) is 9.84 Å². The number of aliphatic hydroxyl groups is 2. The number of carbonyl (C=O) groups is 1. The predicted molar refractivity (Wildman–Crippen MR) is 56.6 cm³/mol. The van der Waals surface area contributed by atoms with E-state index in [0.29, 0.717) is 6.07 Å². The van der Waals surface area contributed by atoms with Crippen molar-refractivity contribution >= 4 is 5.97 Å². The van der Waals surface area contributed by atoms with Gasteiger partial charge in [0.05, 0.1) is 12.7 Å². The van der Waals surface area contributed by atoms with Crippen LogP contribution in [0.3, 0.4) is 0 Å². The normalized spacial score (nSPS) is 14.8. The summed E-state index contributed by atoms with van der Waals surface area (Å²) < 4.78 is 42.3. The molecule has 0 spiro atoms. The molecule has 19 heavy (non-hydrogen) atoms. The molecular weight excluding hydrogens is 269 g/mol. The summed E-state index contributed by atoms with van der Waals surface area (Å²) in [5.41, 5.74) is -1.54. The Morgan fingerprint density at radius 2 is 1.89 bits per heavy atom. The highest BCUT2D eigenvalue weighted by Gasteiger charge is 2.34. The van der Waals surface area contributed by atoms with Crippen LogP contribution in [0, 0.1) is 0 Å². The van der Waals surface area contributed by atoms with Crippen LogP contribution in [0.2, 0.25) is 0 Å². The molecule has 2 unspecified atom stereocenters. The number of rotatable bonds is 4. The van der Waals surface area contributed by atoms with Crippen LogP contribution in [0.1, 0.15) is 17.2 Å². The molecule has 0 bridgehead atoms. The van der Waals surface area contributed by atoms with Gasteiger partial charge in [0, 0.05) is 5.56 Å². The summed E-state index contributed by atoms with van der Waals surface area (Å²) in [6.07, 6.45) is -8.94. The summed E-state index contributed by atoms with van der Waals surface area (Å²) >= 11 is 0. The third-order valence-electron chi connectivity index (χ3n) is 2.43. The molecule has 0 aromatic heterocycles. The van der Waals surface area contributed by atoms with Crippen molar-refractivity contribution in [3.8, 4) is 5.75 Å². The van der Waals surface area contributed by atoms with Crippen LogP contribution in [0.15, 0.2) is 18.2 Å². The van der Waals surface area contributed by atoms with Crippen molar-refractivity contribution < 1.29 is 38.0 Å². The van der Waals surface area contributed by atoms with Crippen molar-refractivity contribution in [2.45, 2.75) is 18.4 Å². The molecule has 0 saturated carbocycles. The van der Waals surface area contributed by atoms with Crippen molar-refractivity contribution in [2.24, 2.45) is 0 Å². The number of ether oxygens (including phenoxy) is 1. The molecule has 0 fully saturated rings. The monoisotopic (exact) mass is 280 g/mol. The second kappa shape index (κ2) is 5.45. The minimum atomic E-state index is -4.66. The molecule has 5 nitrogen and oxygen atoms in total. The molecule has 3 N–H and O–H groups in total. The zero-order chi connectivity index (χ0) is 14.8. The van der Waals surface area contributed by atoms with Gasteiger partial charge in [0.15, 0.2) is 6.10 Å². The van der Waals surface area contributed by atoms with Crippen molar-refractivity contribution in [1.29, 1.82) is 0 Å². The number of benzene rings is 1. The van der Waals surface area contributed by atoms with Gasteiger partial charge < -0.3 is 20.1 Å². The van der Waals surface area contributed by atoms with Gasteiger partial charge >= 0.3 is 12.1 Å². The second-order valence-corrected chi connectivity index (χ2v) is 3.68. The molecule has 0 aliphatic rings. The van der Waals surface area contributed by atoms with Crippen LogP contribution >= 0.6 is 0 Å². The van der Waals surface area contributed by atoms with E-state index in [9.17, 15) is 28.2 Å². The maximum atomic E-state index is 12.5. The Kier molecular flexibility index (Phi) is 4.38. The van der Waals surface area contributed by atoms with E-state index in [-0.39, 0.29) is 5.75 Å². The maximum Gasteiger partial charge on any atom is 0.416 e. The van der Waals surface area contributed by atoms with Gasteiger partial charge in [0.25, 0.3) is 0 Å². The third kappa shape index (κ3) is 3.36. The lowest BCUT2D eigenvalue weighted by Gasteiger charge is -2.19. The molecule has 0 aliphatic carbocycles. The zero-order valence-corrected chi connectivity index (χ0v) is 9.68. The Labute approximate surface area is 105 Å². The Morgan fingerprint density at radius 1 is 1.32 bits per heavy atom. The maximum absolute atomic E-state index is 12.5. The minimum Gasteiger partial charge on any atom is -0.496 e. The van der Waals surface area contributed by atoms with Crippen LogP contribution in [0.4, 0.5) is 13.2 Å². The molecule has 1 rings (SSSR count). The van der Waals surface area contributed by atoms with Crippen molar-refractivity contribution in [3.63, 3.8) is 0 Å². The lowest BCUT2D eigenvalue weighted by molar-refractivity contribution is -0.153. The van der Waals surface area contributed by atoms with Gasteiger partial charge in [-0.1, -0.05) is 0 Å². The van der Waals surface area contributed by atoms with Crippen LogP contribution in [-0.4, -0.2) is 34.5 Å². The van der Waals surface area contributed by atoms with Crippen LogP contribution < -0.4 is 4.74 Å². The fraction of sp³-hybridized carbons (Fsp3) is 0.364. The van der Waals surface area contributed by atoms with Gasteiger partial charge in [-0.2, -0.15) is 13.2 Å². The number of hydrogen-bond donors (Lipinski definition) is 3. The Morgan fingerprint density at radius 3 is 2.32 bits per heavy atom. The van der Waals surface area contributed by atoms with Gasteiger partial charge in [0.1, 0.15) is 11.9 Å². The first kappa shape index (κ1) is 15.3. The molecule has 0 radical (unpaired) electrons. The zero-order valence-electron chi connectivity index (χ0n) is 9.68. The summed E-state index contributed by atoms with van der Waals surface area (Å²) in [7, 11) is 1.14. The number of hydrogen-bond acceptors (Lipinski definition) is 4. The quantitative estimate of drug-likeness (QED) is 0.771. The lowest BCUT2D eigenvalue weighted by atomic mass is 10.0.